The van der Waals surface area contributed by atoms with Crippen LogP contribution in [0.4, 0.5) is 5.82 Å². The molecule has 1 aliphatic rings. The maximum atomic E-state index is 13.2. The van der Waals surface area contributed by atoms with E-state index in [2.05, 4.69) is 17.2 Å². The number of nitrogens with zero attached hydrogens (tertiary/aromatic N) is 3. The van der Waals surface area contributed by atoms with Gasteiger partial charge in [-0.1, -0.05) is 30.5 Å². The highest BCUT2D eigenvalue weighted by molar-refractivity contribution is 6.00. The number of carbonyl (C=O) groups is 1. The van der Waals surface area contributed by atoms with E-state index in [1.54, 1.807) is 22.9 Å². The van der Waals surface area contributed by atoms with E-state index < -0.39 is 0 Å². The largest absolute Gasteiger partial charge is 0.454 e. The molecule has 0 saturated carbocycles. The number of aryl methyl sites for hydroxylation is 1. The van der Waals surface area contributed by atoms with Crippen molar-refractivity contribution >= 4 is 28.4 Å². The average Bonchev–Trinajstić information content (AvgIpc) is 3.30. The monoisotopic (exact) mass is 446 g/mol. The van der Waals surface area contributed by atoms with Crippen LogP contribution in [0.3, 0.4) is 0 Å². The zero-order valence-corrected chi connectivity index (χ0v) is 18.2. The lowest BCUT2D eigenvalue weighted by atomic mass is 10.1. The lowest BCUT2D eigenvalue weighted by molar-refractivity contribution is -0.659. The van der Waals surface area contributed by atoms with Crippen LogP contribution in [0.25, 0.3) is 16.7 Å². The fourth-order valence-corrected chi connectivity index (χ4v) is 3.95. The molecule has 1 aromatic carbocycles. The molecule has 0 fully saturated rings. The maximum absolute atomic E-state index is 13.2. The third-order valence-corrected chi connectivity index (χ3v) is 5.73. The van der Waals surface area contributed by atoms with Gasteiger partial charge < -0.3 is 20.5 Å². The molecule has 33 heavy (non-hydrogen) atoms. The number of nitrogen functional groups attached to an aromatic ring is 1. The Hall–Kier alpha value is -4.14. The van der Waals surface area contributed by atoms with Crippen LogP contribution >= 0.6 is 0 Å². The first kappa shape index (κ1) is 20.7. The minimum absolute atomic E-state index is 0.189. The number of nitrogens with two attached hydrogens (primary N) is 1. The van der Waals surface area contributed by atoms with Crippen molar-refractivity contribution in [1.82, 2.24) is 14.7 Å². The summed E-state index contributed by atoms with van der Waals surface area (Å²) in [5, 5.41) is 3.24. The second kappa shape index (κ2) is 8.42. The standard InChI is InChI=1S/C24H23N5O4/c1-2-3-9-29-21(25)16(12-17-22(29)27-20-6-4-5-10-28(20)24(17)31)23(30)26-13-15-7-8-18-19(11-15)33-14-32-18/h4-8,10-12,25H,2-3,9,13-14H2,1H3,(H,26,30)/p+1. The molecule has 0 bridgehead atoms. The number of hydrogen-bond acceptors (Lipinski definition) is 6. The van der Waals surface area contributed by atoms with Crippen LogP contribution < -0.4 is 30.7 Å². The van der Waals surface area contributed by atoms with Crippen molar-refractivity contribution in [3.05, 3.63) is 70.1 Å². The van der Waals surface area contributed by atoms with Crippen molar-refractivity contribution in [3.8, 4) is 11.5 Å². The summed E-state index contributed by atoms with van der Waals surface area (Å²) < 4.78 is 14.0. The number of anilines is 1. The van der Waals surface area contributed by atoms with Crippen LogP contribution in [0.1, 0.15) is 35.7 Å². The molecular weight excluding hydrogens is 422 g/mol. The number of nitrogens with one attached hydrogen (secondary N) is 1. The normalized spacial score (nSPS) is 12.4. The van der Waals surface area contributed by atoms with Crippen molar-refractivity contribution in [2.75, 3.05) is 12.5 Å². The predicted molar refractivity (Wildman–Crippen MR) is 122 cm³/mol. The summed E-state index contributed by atoms with van der Waals surface area (Å²) >= 11 is 0. The van der Waals surface area contributed by atoms with Crippen LogP contribution in [0.15, 0.2) is 53.5 Å². The Morgan fingerprint density at radius 1 is 1.21 bits per heavy atom. The van der Waals surface area contributed by atoms with Gasteiger partial charge in [0.05, 0.1) is 6.54 Å². The molecular formula is C24H24N5O4+. The highest BCUT2D eigenvalue weighted by Crippen LogP contribution is 2.32. The van der Waals surface area contributed by atoms with Gasteiger partial charge in [-0.2, -0.15) is 0 Å². The van der Waals surface area contributed by atoms with Gasteiger partial charge in [-0.25, -0.2) is 4.57 Å². The van der Waals surface area contributed by atoms with Crippen LogP contribution in [-0.4, -0.2) is 22.1 Å². The van der Waals surface area contributed by atoms with Crippen molar-refractivity contribution in [2.24, 2.45) is 0 Å². The van der Waals surface area contributed by atoms with Crippen molar-refractivity contribution in [2.45, 2.75) is 32.9 Å². The first-order valence-electron chi connectivity index (χ1n) is 10.9. The van der Waals surface area contributed by atoms with Crippen molar-refractivity contribution < 1.29 is 18.8 Å². The zero-order chi connectivity index (χ0) is 22.9. The second-order valence-corrected chi connectivity index (χ2v) is 7.90. The second-order valence-electron chi connectivity index (χ2n) is 7.90. The molecule has 9 nitrogen and oxygen atoms in total. The molecule has 168 valence electrons. The highest BCUT2D eigenvalue weighted by atomic mass is 16.7. The summed E-state index contributed by atoms with van der Waals surface area (Å²) in [5.41, 5.74) is 8.31. The summed E-state index contributed by atoms with van der Waals surface area (Å²) in [6.07, 6.45) is 3.43. The number of ether oxygens (including phenoxy) is 2. The van der Waals surface area contributed by atoms with E-state index in [-0.39, 0.29) is 36.2 Å². The third kappa shape index (κ3) is 3.71. The van der Waals surface area contributed by atoms with E-state index in [4.69, 9.17) is 15.2 Å². The van der Waals surface area contributed by atoms with Gasteiger partial charge in [0, 0.05) is 12.7 Å². The van der Waals surface area contributed by atoms with Gasteiger partial charge in [-0.15, -0.1) is 0 Å². The minimum Gasteiger partial charge on any atom is -0.454 e. The molecule has 4 aromatic rings. The number of carbonyl (C=O) groups excluding carboxylic acids is 1. The third-order valence-electron chi connectivity index (χ3n) is 5.73. The number of unbranched alkanes of at least 4 members (excludes halogenated alkanes) is 1. The molecule has 5 rings (SSSR count). The Kier molecular flexibility index (Phi) is 5.29. The quantitative estimate of drug-likeness (QED) is 0.347. The molecule has 3 N–H and O–H groups in total. The SMILES string of the molecule is CCCC[n+]1c(N)c(C(=O)NCc2ccc3c(c2)OCO3)cc2c(=O)n3ccccc3nc21. The summed E-state index contributed by atoms with van der Waals surface area (Å²) in [4.78, 5) is 31.0. The minimum atomic E-state index is -0.366. The maximum Gasteiger partial charge on any atom is 0.278 e. The summed E-state index contributed by atoms with van der Waals surface area (Å²) in [6, 6.07) is 12.4. The van der Waals surface area contributed by atoms with E-state index in [0.29, 0.717) is 34.7 Å². The first-order valence-corrected chi connectivity index (χ1v) is 10.9. The predicted octanol–water partition coefficient (Wildman–Crippen LogP) is 2.18. The van der Waals surface area contributed by atoms with E-state index in [0.717, 1.165) is 18.4 Å². The molecule has 1 amide bonds. The fourth-order valence-electron chi connectivity index (χ4n) is 3.95. The summed E-state index contributed by atoms with van der Waals surface area (Å²) in [7, 11) is 0. The number of amides is 1. The number of benzene rings is 1. The lowest BCUT2D eigenvalue weighted by Gasteiger charge is -2.12. The summed E-state index contributed by atoms with van der Waals surface area (Å²) in [5.74, 6) is 1.25. The number of aromatic nitrogens is 3. The molecule has 0 spiro atoms. The van der Waals surface area contributed by atoms with Crippen LogP contribution in [0, 0.1) is 0 Å². The Balaban J connectivity index is 1.54. The molecule has 1 aliphatic heterocycles. The van der Waals surface area contributed by atoms with Crippen LogP contribution in [0.5, 0.6) is 11.5 Å². The molecule has 3 aromatic heterocycles. The average molecular weight is 446 g/mol. The number of rotatable bonds is 6. The topological polar surface area (TPSA) is 112 Å². The van der Waals surface area contributed by atoms with Crippen molar-refractivity contribution in [3.63, 3.8) is 0 Å². The van der Waals surface area contributed by atoms with Gasteiger partial charge in [0.15, 0.2) is 11.5 Å². The fraction of sp³-hybridized carbons (Fsp3) is 0.250. The van der Waals surface area contributed by atoms with Gasteiger partial charge >= 0.3 is 0 Å². The highest BCUT2D eigenvalue weighted by Gasteiger charge is 2.24. The Morgan fingerprint density at radius 3 is 2.91 bits per heavy atom. The molecule has 0 aliphatic carbocycles. The van der Waals surface area contributed by atoms with E-state index >= 15 is 0 Å². The Labute approximate surface area is 189 Å². The van der Waals surface area contributed by atoms with Crippen molar-refractivity contribution in [1.29, 1.82) is 0 Å². The first-order chi connectivity index (χ1) is 16.1. The number of pyridine rings is 2. The van der Waals surface area contributed by atoms with Gasteiger partial charge in [-0.05, 0) is 42.3 Å². The van der Waals surface area contributed by atoms with E-state index in [1.165, 1.54) is 10.5 Å². The van der Waals surface area contributed by atoms with Gasteiger partial charge in [0.1, 0.15) is 10.9 Å². The van der Waals surface area contributed by atoms with Gasteiger partial charge in [0.25, 0.3) is 17.1 Å². The lowest BCUT2D eigenvalue weighted by Crippen LogP contribution is -2.42. The van der Waals surface area contributed by atoms with Crippen LogP contribution in [0.2, 0.25) is 0 Å². The molecule has 0 unspecified atom stereocenters. The molecule has 9 heteroatoms. The smallest absolute Gasteiger partial charge is 0.278 e. The zero-order valence-electron chi connectivity index (χ0n) is 18.2. The Morgan fingerprint density at radius 2 is 2.06 bits per heavy atom. The van der Waals surface area contributed by atoms with Gasteiger partial charge in [0.2, 0.25) is 18.3 Å². The van der Waals surface area contributed by atoms with Gasteiger partial charge in [-0.3, -0.25) is 14.0 Å². The molecule has 0 saturated heterocycles. The van der Waals surface area contributed by atoms with E-state index in [1.807, 2.05) is 24.3 Å². The van der Waals surface area contributed by atoms with E-state index in [9.17, 15) is 9.59 Å². The number of hydrogen-bond donors (Lipinski definition) is 2. The Bertz CT molecular complexity index is 1450. The molecule has 4 heterocycles. The number of fused-ring (bicyclic) bond motifs is 3. The molecule has 0 atom stereocenters. The molecule has 0 radical (unpaired) electrons. The summed E-state index contributed by atoms with van der Waals surface area (Å²) in [6.45, 7) is 3.09. The van der Waals surface area contributed by atoms with Crippen LogP contribution in [-0.2, 0) is 13.1 Å².